The van der Waals surface area contributed by atoms with E-state index < -0.39 is 0 Å². The molecule has 1 aliphatic carbocycles. The molecule has 1 N–H and O–H groups in total. The Morgan fingerprint density at radius 2 is 2.18 bits per heavy atom. The number of hydrogen-bond donors (Lipinski definition) is 1. The first-order valence-corrected chi connectivity index (χ1v) is 9.40. The maximum Gasteiger partial charge on any atom is 0.270 e. The van der Waals surface area contributed by atoms with Gasteiger partial charge in [0, 0.05) is 42.5 Å². The number of aromatic amines is 1. The number of nitrogens with zero attached hydrogens (tertiary/aromatic N) is 4. The van der Waals surface area contributed by atoms with Crippen LogP contribution in [-0.4, -0.2) is 37.5 Å². The van der Waals surface area contributed by atoms with Crippen LogP contribution >= 0.6 is 0 Å². The normalized spacial score (nSPS) is 16.1. The predicted molar refractivity (Wildman–Crippen MR) is 99.7 cm³/mol. The number of hydrogen-bond acceptors (Lipinski definition) is 6. The highest BCUT2D eigenvalue weighted by molar-refractivity contribution is 5.92. The Hall–Kier alpha value is -3.29. The van der Waals surface area contributed by atoms with Crippen LogP contribution in [-0.2, 0) is 13.0 Å². The van der Waals surface area contributed by atoms with Crippen LogP contribution in [0.5, 0.6) is 0 Å². The third-order valence-electron chi connectivity index (χ3n) is 5.34. The van der Waals surface area contributed by atoms with E-state index in [1.54, 1.807) is 17.0 Å². The van der Waals surface area contributed by atoms with Gasteiger partial charge in [-0.3, -0.25) is 14.6 Å². The molecule has 0 spiro atoms. The minimum absolute atomic E-state index is 0.193. The quantitative estimate of drug-likeness (QED) is 0.750. The summed E-state index contributed by atoms with van der Waals surface area (Å²) in [5.41, 5.74) is 3.86. The van der Waals surface area contributed by atoms with Gasteiger partial charge in [-0.1, -0.05) is 11.2 Å². The van der Waals surface area contributed by atoms with Gasteiger partial charge in [-0.05, 0) is 43.4 Å². The largest absolute Gasteiger partial charge is 0.339 e. The number of rotatable bonds is 3. The fourth-order valence-corrected chi connectivity index (χ4v) is 3.70. The van der Waals surface area contributed by atoms with Crippen molar-refractivity contribution < 1.29 is 9.32 Å². The van der Waals surface area contributed by atoms with Gasteiger partial charge in [-0.25, -0.2) is 0 Å². The third-order valence-corrected chi connectivity index (χ3v) is 5.34. The summed E-state index contributed by atoms with van der Waals surface area (Å²) in [7, 11) is 0. The van der Waals surface area contributed by atoms with Crippen molar-refractivity contribution in [3.8, 4) is 11.4 Å². The fraction of sp³-hybridized carbons (Fsp3) is 0.350. The van der Waals surface area contributed by atoms with Crippen molar-refractivity contribution in [2.75, 3.05) is 6.54 Å². The zero-order chi connectivity index (χ0) is 19.3. The summed E-state index contributed by atoms with van der Waals surface area (Å²) in [6.45, 7) is 2.92. The molecule has 28 heavy (non-hydrogen) atoms. The van der Waals surface area contributed by atoms with Gasteiger partial charge in [0.1, 0.15) is 5.69 Å². The molecule has 0 atom stereocenters. The molecule has 3 aromatic heterocycles. The van der Waals surface area contributed by atoms with E-state index in [9.17, 15) is 9.59 Å². The molecule has 142 valence electrons. The van der Waals surface area contributed by atoms with Gasteiger partial charge in [0.15, 0.2) is 0 Å². The summed E-state index contributed by atoms with van der Waals surface area (Å²) < 4.78 is 5.43. The van der Waals surface area contributed by atoms with Crippen LogP contribution in [0.15, 0.2) is 33.7 Å². The molecule has 5 rings (SSSR count). The minimum atomic E-state index is -0.286. The van der Waals surface area contributed by atoms with Crippen LogP contribution in [0.25, 0.3) is 11.4 Å². The van der Waals surface area contributed by atoms with Crippen LogP contribution in [0, 0.1) is 6.92 Å². The van der Waals surface area contributed by atoms with Crippen molar-refractivity contribution >= 4 is 5.91 Å². The zero-order valence-corrected chi connectivity index (χ0v) is 15.4. The number of pyridine rings is 2. The summed E-state index contributed by atoms with van der Waals surface area (Å²) in [6, 6.07) is 4.60. The molecule has 0 bridgehead atoms. The fourth-order valence-electron chi connectivity index (χ4n) is 3.70. The van der Waals surface area contributed by atoms with Gasteiger partial charge in [0.25, 0.3) is 5.91 Å². The molecule has 1 aliphatic heterocycles. The average molecular weight is 377 g/mol. The molecule has 1 amide bonds. The van der Waals surface area contributed by atoms with Crippen molar-refractivity contribution in [2.45, 2.75) is 38.6 Å². The lowest BCUT2D eigenvalue weighted by Crippen LogP contribution is -2.37. The van der Waals surface area contributed by atoms with E-state index in [1.165, 1.54) is 6.07 Å². The van der Waals surface area contributed by atoms with Gasteiger partial charge in [-0.2, -0.15) is 4.98 Å². The van der Waals surface area contributed by atoms with Crippen LogP contribution < -0.4 is 5.56 Å². The number of carbonyl (C=O) groups excluding carboxylic acids is 1. The van der Waals surface area contributed by atoms with Gasteiger partial charge < -0.3 is 14.4 Å². The summed E-state index contributed by atoms with van der Waals surface area (Å²) in [4.78, 5) is 37.7. The maximum absolute atomic E-state index is 12.8. The van der Waals surface area contributed by atoms with E-state index in [4.69, 9.17) is 4.52 Å². The van der Waals surface area contributed by atoms with Crippen molar-refractivity contribution in [1.29, 1.82) is 0 Å². The summed E-state index contributed by atoms with van der Waals surface area (Å²) in [5, 5.41) is 4.18. The standard InChI is InChI=1S/C20H19N5O3/c1-11-17(18-23-19(28-24-18)12-5-6-12)14-7-8-25(10-13(14)9-21-11)20(27)15-3-2-4-16(26)22-15/h2-4,9,12H,5-8,10H2,1H3,(H,22,26). The maximum atomic E-state index is 12.8. The number of amides is 1. The van der Waals surface area contributed by atoms with Crippen molar-refractivity contribution in [1.82, 2.24) is 25.0 Å². The first-order chi connectivity index (χ1) is 13.6. The number of nitrogens with one attached hydrogen (secondary N) is 1. The van der Waals surface area contributed by atoms with Crippen LogP contribution in [0.4, 0.5) is 0 Å². The Labute approximate surface area is 160 Å². The Morgan fingerprint density at radius 1 is 1.32 bits per heavy atom. The molecule has 0 unspecified atom stereocenters. The molecule has 0 saturated heterocycles. The molecule has 1 saturated carbocycles. The molecule has 4 heterocycles. The lowest BCUT2D eigenvalue weighted by atomic mass is 9.94. The minimum Gasteiger partial charge on any atom is -0.339 e. The second-order valence-electron chi connectivity index (χ2n) is 7.36. The van der Waals surface area contributed by atoms with Gasteiger partial charge in [-0.15, -0.1) is 0 Å². The number of carbonyl (C=O) groups is 1. The number of aromatic nitrogens is 4. The highest BCUT2D eigenvalue weighted by atomic mass is 16.5. The van der Waals surface area contributed by atoms with Crippen molar-refractivity contribution in [3.05, 3.63) is 63.2 Å². The monoisotopic (exact) mass is 377 g/mol. The van der Waals surface area contributed by atoms with E-state index in [0.717, 1.165) is 35.2 Å². The average Bonchev–Trinajstić information content (AvgIpc) is 3.45. The summed E-state index contributed by atoms with van der Waals surface area (Å²) >= 11 is 0. The summed E-state index contributed by atoms with van der Waals surface area (Å²) in [6.07, 6.45) is 4.68. The highest BCUT2D eigenvalue weighted by Gasteiger charge is 2.31. The van der Waals surface area contributed by atoms with E-state index >= 15 is 0 Å². The molecule has 0 radical (unpaired) electrons. The smallest absolute Gasteiger partial charge is 0.270 e. The number of fused-ring (bicyclic) bond motifs is 1. The van der Waals surface area contributed by atoms with E-state index in [2.05, 4.69) is 20.1 Å². The summed E-state index contributed by atoms with van der Waals surface area (Å²) in [5.74, 6) is 1.49. The molecular weight excluding hydrogens is 358 g/mol. The third kappa shape index (κ3) is 2.90. The van der Waals surface area contributed by atoms with Gasteiger partial charge >= 0.3 is 0 Å². The first kappa shape index (κ1) is 16.9. The zero-order valence-electron chi connectivity index (χ0n) is 15.4. The second kappa shape index (κ2) is 6.40. The van der Waals surface area contributed by atoms with Gasteiger partial charge in [0.2, 0.25) is 17.3 Å². The first-order valence-electron chi connectivity index (χ1n) is 9.40. The Balaban J connectivity index is 1.46. The second-order valence-corrected chi connectivity index (χ2v) is 7.36. The van der Waals surface area contributed by atoms with Crippen molar-refractivity contribution in [3.63, 3.8) is 0 Å². The molecule has 2 aliphatic rings. The SMILES string of the molecule is Cc1ncc2c(c1-c1noc(C3CC3)n1)CCN(C(=O)c1cccc(=O)[nH]1)C2. The van der Waals surface area contributed by atoms with Crippen molar-refractivity contribution in [2.24, 2.45) is 0 Å². The number of aryl methyl sites for hydroxylation is 1. The van der Waals surface area contributed by atoms with E-state index in [1.807, 2.05) is 13.1 Å². The van der Waals surface area contributed by atoms with Gasteiger partial charge in [0.05, 0.1) is 0 Å². The van der Waals surface area contributed by atoms with Crippen LogP contribution in [0.3, 0.4) is 0 Å². The molecule has 8 nitrogen and oxygen atoms in total. The lowest BCUT2D eigenvalue weighted by molar-refractivity contribution is 0.0728. The predicted octanol–water partition coefficient (Wildman–Crippen LogP) is 2.20. The molecule has 3 aromatic rings. The van der Waals surface area contributed by atoms with E-state index in [0.29, 0.717) is 42.8 Å². The molecule has 8 heteroatoms. The Morgan fingerprint density at radius 3 is 2.96 bits per heavy atom. The molecular formula is C20H19N5O3. The van der Waals surface area contributed by atoms with Crippen LogP contribution in [0.2, 0.25) is 0 Å². The topological polar surface area (TPSA) is 105 Å². The lowest BCUT2D eigenvalue weighted by Gasteiger charge is -2.29. The molecule has 0 aromatic carbocycles. The van der Waals surface area contributed by atoms with Crippen LogP contribution in [0.1, 0.15) is 52.0 Å². The molecule has 1 fully saturated rings. The highest BCUT2D eigenvalue weighted by Crippen LogP contribution is 2.40. The van der Waals surface area contributed by atoms with E-state index in [-0.39, 0.29) is 11.5 Å². The Kier molecular flexibility index (Phi) is 3.85. The number of H-pyrrole nitrogens is 1. The Bertz CT molecular complexity index is 1130.